The molecule has 11 nitrogen and oxygen atoms in total. The lowest BCUT2D eigenvalue weighted by Crippen LogP contribution is -2.62. The van der Waals surface area contributed by atoms with Crippen LogP contribution in [0.1, 0.15) is 0 Å². The fraction of sp³-hybridized carbons (Fsp3) is 1.00. The highest BCUT2D eigenvalue weighted by molar-refractivity contribution is 4.98. The van der Waals surface area contributed by atoms with E-state index in [0.717, 1.165) is 0 Å². The van der Waals surface area contributed by atoms with Crippen molar-refractivity contribution >= 4 is 0 Å². The molecule has 2 rings (SSSR count). The van der Waals surface area contributed by atoms with Crippen LogP contribution < -0.4 is 0 Å². The van der Waals surface area contributed by atoms with E-state index in [4.69, 9.17) is 25.9 Å². The van der Waals surface area contributed by atoms with Crippen molar-refractivity contribution in [1.82, 2.24) is 0 Å². The lowest BCUT2D eigenvalue weighted by Gasteiger charge is -2.43. The van der Waals surface area contributed by atoms with Crippen molar-refractivity contribution in [3.63, 3.8) is 0 Å². The van der Waals surface area contributed by atoms with Gasteiger partial charge < -0.3 is 55.1 Å². The summed E-state index contributed by atoms with van der Waals surface area (Å²) in [7, 11) is 0. The Labute approximate surface area is 132 Å². The monoisotopic (exact) mass is 343 g/mol. The molecule has 9 atom stereocenters. The average Bonchev–Trinajstić information content (AvgIpc) is 2.80. The molecule has 0 aliphatic carbocycles. The molecule has 11 heteroatoms. The largest absolute Gasteiger partial charge is 0.394 e. The molecule has 0 aromatic carbocycles. The molecule has 0 saturated carbocycles. The number of hydrogen-bond donors (Lipinski definition) is 8. The first-order valence-corrected chi connectivity index (χ1v) is 7.02. The van der Waals surface area contributed by atoms with Gasteiger partial charge in [0.2, 0.25) is 7.22 Å². The van der Waals surface area contributed by atoms with Gasteiger partial charge in [0.25, 0.3) is 0 Å². The molecule has 0 unspecified atom stereocenters. The number of aliphatic hydroxyl groups excluding tert-OH is 8. The fourth-order valence-electron chi connectivity index (χ4n) is 2.62. The van der Waals surface area contributed by atoms with E-state index in [9.17, 15) is 25.5 Å². The zero-order valence-electron chi connectivity index (χ0n) is 13.0. The van der Waals surface area contributed by atoms with Gasteiger partial charge in [-0.1, -0.05) is 0 Å². The summed E-state index contributed by atoms with van der Waals surface area (Å²) in [6, 6.07) is 0. The van der Waals surface area contributed by atoms with Crippen LogP contribution in [0.3, 0.4) is 0 Å². The summed E-state index contributed by atoms with van der Waals surface area (Å²) in [5.74, 6) is -2.18. The summed E-state index contributed by atoms with van der Waals surface area (Å²) in [6.07, 6.45) is -12.7. The maximum Gasteiger partial charge on any atom is 0.224 e. The van der Waals surface area contributed by atoms with Crippen LogP contribution in [0.4, 0.5) is 0 Å². The van der Waals surface area contributed by atoms with Gasteiger partial charge in [0.15, 0.2) is 6.29 Å². The minimum absolute atomic E-state index is 0.671. The topological polar surface area (TPSA) is 190 Å². The van der Waals surface area contributed by atoms with Gasteiger partial charge >= 0.3 is 0 Å². The molecular weight excluding hydrogens is 320 g/mol. The molecule has 136 valence electrons. The third kappa shape index (κ3) is 3.23. The third-order valence-electron chi connectivity index (χ3n) is 4.05. The number of ether oxygens (including phenoxy) is 3. The van der Waals surface area contributed by atoms with Crippen molar-refractivity contribution in [1.29, 1.82) is 1.43 Å². The van der Waals surface area contributed by atoms with E-state index >= 15 is 0 Å². The first-order chi connectivity index (χ1) is 11.3. The highest BCUT2D eigenvalue weighted by atomic mass is 16.8. The fourth-order valence-corrected chi connectivity index (χ4v) is 2.62. The van der Waals surface area contributed by atoms with Gasteiger partial charge in [0, 0.05) is 0 Å². The van der Waals surface area contributed by atoms with Crippen LogP contribution in [0.5, 0.6) is 0 Å². The predicted octanol–water partition coefficient (Wildman–Crippen LogP) is -5.40. The van der Waals surface area contributed by atoms with Crippen LogP contribution in [0.2, 0.25) is 0 Å². The molecular formula is C12H22O11. The molecule has 2 saturated heterocycles. The summed E-state index contributed by atoms with van der Waals surface area (Å²) < 4.78 is 22.5. The summed E-state index contributed by atoms with van der Waals surface area (Å²) in [5, 5.41) is 71.8. The molecule has 0 aromatic rings. The lowest BCUT2D eigenvalue weighted by atomic mass is 9.99. The van der Waals surface area contributed by atoms with Gasteiger partial charge in [-0.25, -0.2) is 0 Å². The molecule has 0 bridgehead atoms. The second-order valence-corrected chi connectivity index (χ2v) is 5.55. The third-order valence-corrected chi connectivity index (χ3v) is 4.05. The maximum absolute atomic E-state index is 10.1. The SMILES string of the molecule is [2H]OC[C@@]1(O[C@H]2O[C@H](CO)[C@@H](O)[C@H](O)[C@H]2O)O[C@H](CO)[C@@H](O)[C@@H]1O. The van der Waals surface area contributed by atoms with Crippen molar-refractivity contribution < 1.29 is 55.1 Å². The Bertz CT molecular complexity index is 412. The van der Waals surface area contributed by atoms with Gasteiger partial charge in [-0.3, -0.25) is 0 Å². The Balaban J connectivity index is 2.21. The van der Waals surface area contributed by atoms with E-state index in [1.807, 2.05) is 0 Å². The van der Waals surface area contributed by atoms with E-state index < -0.39 is 74.6 Å². The highest BCUT2D eigenvalue weighted by Gasteiger charge is 2.58. The smallest absolute Gasteiger partial charge is 0.224 e. The molecule has 23 heavy (non-hydrogen) atoms. The van der Waals surface area contributed by atoms with Gasteiger partial charge in [0.05, 0.1) is 13.2 Å². The Morgan fingerprint density at radius 1 is 0.913 bits per heavy atom. The average molecular weight is 343 g/mol. The Morgan fingerprint density at radius 3 is 2.09 bits per heavy atom. The molecule has 0 radical (unpaired) electrons. The van der Waals surface area contributed by atoms with Crippen molar-refractivity contribution in [2.45, 2.75) is 54.8 Å². The van der Waals surface area contributed by atoms with Crippen LogP contribution in [-0.4, -0.2) is 117 Å². The molecule has 2 aliphatic heterocycles. The molecule has 0 spiro atoms. The predicted molar refractivity (Wildman–Crippen MR) is 68.6 cm³/mol. The van der Waals surface area contributed by atoms with Gasteiger partial charge in [0.1, 0.15) is 49.3 Å². The number of rotatable bonds is 6. The minimum atomic E-state index is -2.18. The van der Waals surface area contributed by atoms with Crippen LogP contribution >= 0.6 is 0 Å². The summed E-state index contributed by atoms with van der Waals surface area (Å²) >= 11 is 0. The number of aliphatic hydroxyl groups is 8. The zero-order valence-corrected chi connectivity index (χ0v) is 12.0. The Morgan fingerprint density at radius 2 is 1.57 bits per heavy atom. The summed E-state index contributed by atoms with van der Waals surface area (Å²) in [4.78, 5) is 0. The van der Waals surface area contributed by atoms with E-state index in [1.54, 1.807) is 0 Å². The second-order valence-electron chi connectivity index (χ2n) is 5.55. The van der Waals surface area contributed by atoms with Crippen molar-refractivity contribution in [2.75, 3.05) is 19.8 Å². The number of hydrogen-bond acceptors (Lipinski definition) is 11. The van der Waals surface area contributed by atoms with Gasteiger partial charge in [-0.05, 0) is 0 Å². The van der Waals surface area contributed by atoms with E-state index in [1.165, 1.54) is 0 Å². The van der Waals surface area contributed by atoms with Crippen LogP contribution in [0.15, 0.2) is 0 Å². The maximum atomic E-state index is 10.1. The van der Waals surface area contributed by atoms with E-state index in [0.29, 0.717) is 0 Å². The molecule has 2 heterocycles. The van der Waals surface area contributed by atoms with Crippen molar-refractivity contribution in [2.24, 2.45) is 0 Å². The van der Waals surface area contributed by atoms with Crippen LogP contribution in [-0.2, 0) is 14.2 Å². The summed E-state index contributed by atoms with van der Waals surface area (Å²) in [5.41, 5.74) is 0. The van der Waals surface area contributed by atoms with E-state index in [-0.39, 0.29) is 0 Å². The Kier molecular flexibility index (Phi) is 5.45. The van der Waals surface area contributed by atoms with Crippen molar-refractivity contribution in [3.8, 4) is 0 Å². The van der Waals surface area contributed by atoms with Crippen LogP contribution in [0.25, 0.3) is 0 Å². The van der Waals surface area contributed by atoms with Crippen LogP contribution in [0, 0.1) is 0 Å². The first kappa shape index (κ1) is 17.4. The normalized spacial score (nSPS) is 51.7. The summed E-state index contributed by atoms with van der Waals surface area (Å²) in [6.45, 7) is -2.09. The Hall–Kier alpha value is -0.440. The minimum Gasteiger partial charge on any atom is -0.394 e. The second kappa shape index (κ2) is 7.21. The van der Waals surface area contributed by atoms with Crippen molar-refractivity contribution in [3.05, 3.63) is 0 Å². The first-order valence-electron chi connectivity index (χ1n) is 7.43. The standard InChI is InChI=1S/C12H22O11/c13-1-4-6(16)8(18)9(19)11(21-4)23-12(3-15)10(20)7(17)5(2-14)22-12/h4-11,13-20H,1-3H2/t4-,5-,6-,7-,8+,9-,10+,11-,12+/m1/s1/i15D. The van der Waals surface area contributed by atoms with Gasteiger partial charge in [-0.15, -0.1) is 0 Å². The van der Waals surface area contributed by atoms with E-state index in [2.05, 4.69) is 5.11 Å². The zero-order chi connectivity index (χ0) is 18.1. The quantitative estimate of drug-likeness (QED) is 0.230. The van der Waals surface area contributed by atoms with Gasteiger partial charge in [-0.2, -0.15) is 0 Å². The molecule has 0 amide bonds. The molecule has 8 N–H and O–H groups in total. The highest BCUT2D eigenvalue weighted by Crippen LogP contribution is 2.35. The molecule has 2 fully saturated rings. The molecule has 2 aliphatic rings. The lowest BCUT2D eigenvalue weighted by molar-refractivity contribution is -0.383. The molecule has 0 aromatic heterocycles.